The van der Waals surface area contributed by atoms with Gasteiger partial charge in [0.1, 0.15) is 0 Å². The van der Waals surface area contributed by atoms with Gasteiger partial charge in [0, 0.05) is 12.0 Å². The summed E-state index contributed by atoms with van der Waals surface area (Å²) in [5.74, 6) is -1.97. The van der Waals surface area contributed by atoms with E-state index in [1.807, 2.05) is 13.0 Å². The van der Waals surface area contributed by atoms with Gasteiger partial charge >= 0.3 is 5.97 Å². The maximum absolute atomic E-state index is 11.7. The maximum atomic E-state index is 11.7. The van der Waals surface area contributed by atoms with E-state index in [0.717, 1.165) is 4.88 Å². The van der Waals surface area contributed by atoms with Crippen LogP contribution in [0.4, 0.5) is 0 Å². The predicted molar refractivity (Wildman–Crippen MR) is 72.8 cm³/mol. The van der Waals surface area contributed by atoms with Crippen LogP contribution in [0.25, 0.3) is 0 Å². The lowest BCUT2D eigenvalue weighted by Crippen LogP contribution is -2.42. The first-order valence-electron chi connectivity index (χ1n) is 5.81. The molecule has 0 fully saturated rings. The van der Waals surface area contributed by atoms with Crippen molar-refractivity contribution in [1.29, 1.82) is 0 Å². The van der Waals surface area contributed by atoms with Gasteiger partial charge in [-0.25, -0.2) is 4.79 Å². The van der Waals surface area contributed by atoms with Crippen LogP contribution in [-0.2, 0) is 14.3 Å². The SMILES string of the molecule is COC(CNC(=O)CNC(=O)c1ccc(C)s1)C(=O)O. The Hall–Kier alpha value is -1.93. The van der Waals surface area contributed by atoms with Crippen molar-refractivity contribution >= 4 is 29.1 Å². The summed E-state index contributed by atoms with van der Waals surface area (Å²) in [4.78, 5) is 35.3. The molecule has 0 bridgehead atoms. The van der Waals surface area contributed by atoms with Crippen molar-refractivity contribution in [3.8, 4) is 0 Å². The summed E-state index contributed by atoms with van der Waals surface area (Å²) in [6.07, 6.45) is -1.10. The fourth-order valence-electron chi connectivity index (χ4n) is 1.34. The van der Waals surface area contributed by atoms with Gasteiger partial charge in [0.2, 0.25) is 5.91 Å². The number of nitrogens with one attached hydrogen (secondary N) is 2. The molecule has 0 aliphatic carbocycles. The maximum Gasteiger partial charge on any atom is 0.334 e. The van der Waals surface area contributed by atoms with Crippen LogP contribution in [-0.4, -0.2) is 49.2 Å². The molecule has 1 rings (SSSR count). The van der Waals surface area contributed by atoms with Crippen molar-refractivity contribution in [1.82, 2.24) is 10.6 Å². The molecule has 1 heterocycles. The number of carboxylic acid groups (broad SMARTS) is 1. The fourth-order valence-corrected chi connectivity index (χ4v) is 2.13. The van der Waals surface area contributed by atoms with E-state index in [-0.39, 0.29) is 19.0 Å². The zero-order chi connectivity index (χ0) is 15.1. The Balaban J connectivity index is 2.33. The quantitative estimate of drug-likeness (QED) is 0.657. The number of rotatable bonds is 7. The van der Waals surface area contributed by atoms with Crippen molar-refractivity contribution in [3.05, 3.63) is 21.9 Å². The Kier molecular flexibility index (Phi) is 6.13. The Bertz CT molecular complexity index is 500. The number of hydrogen-bond acceptors (Lipinski definition) is 5. The van der Waals surface area contributed by atoms with Gasteiger partial charge in [-0.3, -0.25) is 9.59 Å². The van der Waals surface area contributed by atoms with Crippen molar-refractivity contribution in [3.63, 3.8) is 0 Å². The van der Waals surface area contributed by atoms with E-state index in [2.05, 4.69) is 15.4 Å². The van der Waals surface area contributed by atoms with Crippen LogP contribution in [0, 0.1) is 6.92 Å². The summed E-state index contributed by atoms with van der Waals surface area (Å²) in [6.45, 7) is 1.51. The molecule has 8 heteroatoms. The average Bonchev–Trinajstić information content (AvgIpc) is 2.83. The molecule has 1 aromatic rings. The lowest BCUT2D eigenvalue weighted by Gasteiger charge is -2.11. The Morgan fingerprint density at radius 1 is 1.35 bits per heavy atom. The third-order valence-electron chi connectivity index (χ3n) is 2.42. The molecule has 110 valence electrons. The molecule has 1 unspecified atom stereocenters. The highest BCUT2D eigenvalue weighted by Crippen LogP contribution is 2.14. The molecule has 0 aliphatic rings. The number of aliphatic carboxylic acids is 1. The van der Waals surface area contributed by atoms with E-state index in [1.165, 1.54) is 18.4 Å². The van der Waals surface area contributed by atoms with Gasteiger partial charge in [0.05, 0.1) is 18.0 Å². The zero-order valence-electron chi connectivity index (χ0n) is 11.1. The average molecular weight is 300 g/mol. The van der Waals surface area contributed by atoms with Crippen molar-refractivity contribution < 1.29 is 24.2 Å². The number of aryl methyl sites for hydroxylation is 1. The van der Waals surface area contributed by atoms with Gasteiger partial charge in [0.15, 0.2) is 6.10 Å². The zero-order valence-corrected chi connectivity index (χ0v) is 12.0. The van der Waals surface area contributed by atoms with Gasteiger partial charge < -0.3 is 20.5 Å². The molecular weight excluding hydrogens is 284 g/mol. The van der Waals surface area contributed by atoms with E-state index < -0.39 is 18.0 Å². The first kappa shape index (κ1) is 16.1. The molecule has 3 N–H and O–H groups in total. The number of ether oxygens (including phenoxy) is 1. The van der Waals surface area contributed by atoms with E-state index in [1.54, 1.807) is 6.07 Å². The third-order valence-corrected chi connectivity index (χ3v) is 3.42. The van der Waals surface area contributed by atoms with E-state index in [0.29, 0.717) is 4.88 Å². The van der Waals surface area contributed by atoms with E-state index >= 15 is 0 Å². The van der Waals surface area contributed by atoms with Crippen molar-refractivity contribution in [2.24, 2.45) is 0 Å². The van der Waals surface area contributed by atoms with Crippen LogP contribution in [0.1, 0.15) is 14.5 Å². The lowest BCUT2D eigenvalue weighted by atomic mass is 10.3. The summed E-state index contributed by atoms with van der Waals surface area (Å²) in [6, 6.07) is 3.49. The topological polar surface area (TPSA) is 105 Å². The summed E-state index contributed by atoms with van der Waals surface area (Å²) < 4.78 is 4.66. The summed E-state index contributed by atoms with van der Waals surface area (Å²) in [5, 5.41) is 13.5. The van der Waals surface area contributed by atoms with Crippen LogP contribution in [0.5, 0.6) is 0 Å². The van der Waals surface area contributed by atoms with Gasteiger partial charge in [-0.1, -0.05) is 0 Å². The van der Waals surface area contributed by atoms with Crippen LogP contribution in [0.3, 0.4) is 0 Å². The molecule has 1 atom stereocenters. The molecule has 0 aromatic carbocycles. The summed E-state index contributed by atoms with van der Waals surface area (Å²) >= 11 is 1.33. The minimum atomic E-state index is -1.16. The Morgan fingerprint density at radius 2 is 2.05 bits per heavy atom. The standard InChI is InChI=1S/C12H16N2O5S/c1-7-3-4-9(20-7)11(16)14-6-10(15)13-5-8(19-2)12(17)18/h3-4,8H,5-6H2,1-2H3,(H,13,15)(H,14,16)(H,17,18). The minimum absolute atomic E-state index is 0.154. The molecule has 0 spiro atoms. The Morgan fingerprint density at radius 3 is 2.55 bits per heavy atom. The number of methoxy groups -OCH3 is 1. The van der Waals surface area contributed by atoms with Crippen LogP contribution in [0.2, 0.25) is 0 Å². The second kappa shape index (κ2) is 7.61. The highest BCUT2D eigenvalue weighted by Gasteiger charge is 2.17. The van der Waals surface area contributed by atoms with E-state index in [9.17, 15) is 14.4 Å². The van der Waals surface area contributed by atoms with Gasteiger partial charge in [-0.15, -0.1) is 11.3 Å². The second-order valence-electron chi connectivity index (χ2n) is 3.96. The number of carbonyl (C=O) groups is 3. The predicted octanol–water partition coefficient (Wildman–Crippen LogP) is 0.00212. The highest BCUT2D eigenvalue weighted by atomic mass is 32.1. The van der Waals surface area contributed by atoms with Crippen LogP contribution in [0.15, 0.2) is 12.1 Å². The molecule has 0 saturated carbocycles. The monoisotopic (exact) mass is 300 g/mol. The van der Waals surface area contributed by atoms with Gasteiger partial charge in [-0.05, 0) is 19.1 Å². The van der Waals surface area contributed by atoms with Gasteiger partial charge in [-0.2, -0.15) is 0 Å². The molecular formula is C12H16N2O5S. The third kappa shape index (κ3) is 4.98. The molecule has 2 amide bonds. The molecule has 0 aliphatic heterocycles. The number of carboxylic acids is 1. The molecule has 0 saturated heterocycles. The highest BCUT2D eigenvalue weighted by molar-refractivity contribution is 7.13. The first-order valence-corrected chi connectivity index (χ1v) is 6.62. The number of carbonyl (C=O) groups excluding carboxylic acids is 2. The summed E-state index contributed by atoms with van der Waals surface area (Å²) in [7, 11) is 1.24. The fraction of sp³-hybridized carbons (Fsp3) is 0.417. The second-order valence-corrected chi connectivity index (χ2v) is 5.25. The van der Waals surface area contributed by atoms with Gasteiger partial charge in [0.25, 0.3) is 5.91 Å². The molecule has 1 aromatic heterocycles. The normalized spacial score (nSPS) is 11.7. The molecule has 0 radical (unpaired) electrons. The smallest absolute Gasteiger partial charge is 0.334 e. The van der Waals surface area contributed by atoms with Crippen molar-refractivity contribution in [2.75, 3.05) is 20.2 Å². The Labute approximate surface area is 119 Å². The van der Waals surface area contributed by atoms with Crippen LogP contribution >= 0.6 is 11.3 Å². The number of hydrogen-bond donors (Lipinski definition) is 3. The van der Waals surface area contributed by atoms with Crippen LogP contribution < -0.4 is 10.6 Å². The molecule has 20 heavy (non-hydrogen) atoms. The largest absolute Gasteiger partial charge is 0.479 e. The number of thiophene rings is 1. The van der Waals surface area contributed by atoms with Crippen molar-refractivity contribution in [2.45, 2.75) is 13.0 Å². The lowest BCUT2D eigenvalue weighted by molar-refractivity contribution is -0.148. The molecule has 7 nitrogen and oxygen atoms in total. The minimum Gasteiger partial charge on any atom is -0.479 e. The number of amides is 2. The van der Waals surface area contributed by atoms with E-state index in [4.69, 9.17) is 5.11 Å². The first-order chi connectivity index (χ1) is 9.43. The summed E-state index contributed by atoms with van der Waals surface area (Å²) in [5.41, 5.74) is 0.